The lowest BCUT2D eigenvalue weighted by Gasteiger charge is -2.13. The third-order valence-electron chi connectivity index (χ3n) is 3.52. The van der Waals surface area contributed by atoms with Crippen LogP contribution in [0, 0.1) is 13.8 Å². The quantitative estimate of drug-likeness (QED) is 0.830. The van der Waals surface area contributed by atoms with E-state index in [4.69, 9.17) is 0 Å². The number of para-hydroxylation sites is 1. The van der Waals surface area contributed by atoms with Crippen molar-refractivity contribution in [3.63, 3.8) is 0 Å². The van der Waals surface area contributed by atoms with Crippen LogP contribution in [-0.2, 0) is 6.54 Å². The first-order valence-corrected chi connectivity index (χ1v) is 7.50. The van der Waals surface area contributed by atoms with Crippen molar-refractivity contribution in [1.29, 1.82) is 0 Å². The smallest absolute Gasteiger partial charge is 0.204 e. The molecule has 2 rings (SSSR count). The van der Waals surface area contributed by atoms with Crippen molar-refractivity contribution in [2.45, 2.75) is 40.2 Å². The third kappa shape index (κ3) is 3.79. The molecule has 4 heteroatoms. The van der Waals surface area contributed by atoms with E-state index in [1.165, 1.54) is 0 Å². The van der Waals surface area contributed by atoms with Crippen LogP contribution in [0.2, 0.25) is 0 Å². The van der Waals surface area contributed by atoms with Crippen molar-refractivity contribution < 1.29 is 0 Å². The Kier molecular flexibility index (Phi) is 5.28. The Labute approximate surface area is 125 Å². The molecule has 1 aromatic carbocycles. The Hall–Kier alpha value is -1.94. The predicted molar refractivity (Wildman–Crippen MR) is 85.9 cm³/mol. The number of hydrogen-bond donors (Lipinski definition) is 1. The van der Waals surface area contributed by atoms with Gasteiger partial charge in [-0.2, -0.15) is 5.10 Å². The lowest BCUT2D eigenvalue weighted by Crippen LogP contribution is -2.25. The molecular formula is C17H23N3O. The SMILES string of the molecule is CCCCNCc1nn(-c2ccccc2C)c(C)cc1=O. The number of hydrogen-bond acceptors (Lipinski definition) is 3. The second kappa shape index (κ2) is 7.18. The minimum Gasteiger partial charge on any atom is -0.311 e. The van der Waals surface area contributed by atoms with E-state index in [0.717, 1.165) is 36.3 Å². The van der Waals surface area contributed by atoms with Gasteiger partial charge in [-0.3, -0.25) is 4.79 Å². The van der Waals surface area contributed by atoms with Crippen LogP contribution in [-0.4, -0.2) is 16.3 Å². The fourth-order valence-corrected chi connectivity index (χ4v) is 2.26. The Balaban J connectivity index is 2.31. The molecule has 0 unspecified atom stereocenters. The molecule has 0 aliphatic heterocycles. The van der Waals surface area contributed by atoms with E-state index < -0.39 is 0 Å². The number of nitrogens with zero attached hydrogens (tertiary/aromatic N) is 2. The van der Waals surface area contributed by atoms with Gasteiger partial charge < -0.3 is 5.32 Å². The summed E-state index contributed by atoms with van der Waals surface area (Å²) in [4.78, 5) is 12.1. The summed E-state index contributed by atoms with van der Waals surface area (Å²) in [5, 5.41) is 7.82. The lowest BCUT2D eigenvalue weighted by atomic mass is 10.2. The van der Waals surface area contributed by atoms with Gasteiger partial charge in [0.1, 0.15) is 5.69 Å². The molecule has 2 aromatic rings. The summed E-state index contributed by atoms with van der Waals surface area (Å²) in [7, 11) is 0. The minimum absolute atomic E-state index is 0.00123. The molecule has 0 saturated heterocycles. The van der Waals surface area contributed by atoms with E-state index in [-0.39, 0.29) is 5.43 Å². The van der Waals surface area contributed by atoms with Crippen LogP contribution >= 0.6 is 0 Å². The van der Waals surface area contributed by atoms with Crippen molar-refractivity contribution in [1.82, 2.24) is 15.1 Å². The van der Waals surface area contributed by atoms with Crippen molar-refractivity contribution in [2.24, 2.45) is 0 Å². The van der Waals surface area contributed by atoms with Gasteiger partial charge in [-0.15, -0.1) is 0 Å². The van der Waals surface area contributed by atoms with Gasteiger partial charge in [0.25, 0.3) is 0 Å². The molecule has 0 radical (unpaired) electrons. The van der Waals surface area contributed by atoms with Crippen LogP contribution in [0.3, 0.4) is 0 Å². The van der Waals surface area contributed by atoms with Crippen LogP contribution in [0.1, 0.15) is 36.7 Å². The number of benzene rings is 1. The van der Waals surface area contributed by atoms with Gasteiger partial charge in [-0.1, -0.05) is 31.5 Å². The van der Waals surface area contributed by atoms with Crippen LogP contribution in [0.4, 0.5) is 0 Å². The average Bonchev–Trinajstić information content (AvgIpc) is 2.46. The van der Waals surface area contributed by atoms with Gasteiger partial charge in [0.15, 0.2) is 0 Å². The van der Waals surface area contributed by atoms with Crippen molar-refractivity contribution in [2.75, 3.05) is 6.54 Å². The highest BCUT2D eigenvalue weighted by Gasteiger charge is 2.08. The summed E-state index contributed by atoms with van der Waals surface area (Å²) in [5.74, 6) is 0. The van der Waals surface area contributed by atoms with E-state index in [9.17, 15) is 4.79 Å². The number of aryl methyl sites for hydroxylation is 2. The molecule has 0 bridgehead atoms. The van der Waals surface area contributed by atoms with Crippen molar-refractivity contribution in [3.8, 4) is 5.69 Å². The standard InChI is InChI=1S/C17H23N3O/c1-4-5-10-18-12-15-17(21)11-14(3)20(19-15)16-9-7-6-8-13(16)2/h6-9,11,18H,4-5,10,12H2,1-3H3. The Morgan fingerprint density at radius 3 is 2.71 bits per heavy atom. The molecule has 1 N–H and O–H groups in total. The van der Waals surface area contributed by atoms with Crippen LogP contribution in [0.5, 0.6) is 0 Å². The molecule has 1 heterocycles. The molecule has 112 valence electrons. The Bertz CT molecular complexity index is 661. The molecule has 0 aliphatic rings. The molecular weight excluding hydrogens is 262 g/mol. The number of aromatic nitrogens is 2. The van der Waals surface area contributed by atoms with E-state index in [1.54, 1.807) is 6.07 Å². The van der Waals surface area contributed by atoms with E-state index in [1.807, 2.05) is 42.8 Å². The maximum absolute atomic E-state index is 12.1. The van der Waals surface area contributed by atoms with Gasteiger partial charge in [-0.25, -0.2) is 4.68 Å². The summed E-state index contributed by atoms with van der Waals surface area (Å²) in [5.41, 5.74) is 3.58. The molecule has 0 fully saturated rings. The van der Waals surface area contributed by atoms with Gasteiger partial charge >= 0.3 is 0 Å². The minimum atomic E-state index is 0.00123. The first-order valence-electron chi connectivity index (χ1n) is 7.50. The largest absolute Gasteiger partial charge is 0.311 e. The molecule has 1 aromatic heterocycles. The highest BCUT2D eigenvalue weighted by Crippen LogP contribution is 2.13. The Morgan fingerprint density at radius 2 is 2.00 bits per heavy atom. The number of unbranched alkanes of at least 4 members (excludes halogenated alkanes) is 1. The lowest BCUT2D eigenvalue weighted by molar-refractivity contribution is 0.614. The van der Waals surface area contributed by atoms with Crippen LogP contribution in [0.25, 0.3) is 5.69 Å². The molecule has 0 atom stereocenters. The zero-order valence-electron chi connectivity index (χ0n) is 13.0. The summed E-state index contributed by atoms with van der Waals surface area (Å²) >= 11 is 0. The van der Waals surface area contributed by atoms with Crippen LogP contribution < -0.4 is 10.7 Å². The fraction of sp³-hybridized carbons (Fsp3) is 0.412. The van der Waals surface area contributed by atoms with Gasteiger partial charge in [-0.05, 0) is 38.4 Å². The Morgan fingerprint density at radius 1 is 1.24 bits per heavy atom. The first kappa shape index (κ1) is 15.4. The summed E-state index contributed by atoms with van der Waals surface area (Å²) < 4.78 is 1.85. The summed E-state index contributed by atoms with van der Waals surface area (Å²) in [6.07, 6.45) is 2.25. The molecule has 0 spiro atoms. The maximum atomic E-state index is 12.1. The first-order chi connectivity index (χ1) is 10.1. The fourth-order valence-electron chi connectivity index (χ4n) is 2.26. The normalized spacial score (nSPS) is 10.8. The van der Waals surface area contributed by atoms with E-state index in [2.05, 4.69) is 17.3 Å². The van der Waals surface area contributed by atoms with Gasteiger partial charge in [0.2, 0.25) is 5.43 Å². The zero-order valence-corrected chi connectivity index (χ0v) is 13.0. The second-order valence-electron chi connectivity index (χ2n) is 5.33. The maximum Gasteiger partial charge on any atom is 0.204 e. The highest BCUT2D eigenvalue weighted by molar-refractivity contribution is 5.40. The van der Waals surface area contributed by atoms with Gasteiger partial charge in [0.05, 0.1) is 5.69 Å². The predicted octanol–water partition coefficient (Wildman–Crippen LogP) is 2.74. The van der Waals surface area contributed by atoms with Gasteiger partial charge in [0, 0.05) is 18.3 Å². The molecule has 0 aliphatic carbocycles. The average molecular weight is 285 g/mol. The number of rotatable bonds is 6. The third-order valence-corrected chi connectivity index (χ3v) is 3.52. The summed E-state index contributed by atoms with van der Waals surface area (Å²) in [6, 6.07) is 9.72. The van der Waals surface area contributed by atoms with E-state index >= 15 is 0 Å². The molecule has 21 heavy (non-hydrogen) atoms. The monoisotopic (exact) mass is 285 g/mol. The van der Waals surface area contributed by atoms with Crippen molar-refractivity contribution >= 4 is 0 Å². The topological polar surface area (TPSA) is 46.9 Å². The molecule has 0 saturated carbocycles. The number of nitrogens with one attached hydrogen (secondary N) is 1. The zero-order chi connectivity index (χ0) is 15.2. The molecule has 0 amide bonds. The molecule has 4 nitrogen and oxygen atoms in total. The van der Waals surface area contributed by atoms with Crippen LogP contribution in [0.15, 0.2) is 35.1 Å². The highest BCUT2D eigenvalue weighted by atomic mass is 16.1. The van der Waals surface area contributed by atoms with Crippen molar-refractivity contribution in [3.05, 3.63) is 57.5 Å². The second-order valence-corrected chi connectivity index (χ2v) is 5.33. The van der Waals surface area contributed by atoms with E-state index in [0.29, 0.717) is 12.2 Å². The summed E-state index contributed by atoms with van der Waals surface area (Å²) in [6.45, 7) is 7.54.